The molecule has 0 saturated heterocycles. The van der Waals surface area contributed by atoms with Crippen LogP contribution < -0.4 is 0 Å². The van der Waals surface area contributed by atoms with Gasteiger partial charge in [-0.2, -0.15) is 17.5 Å². The van der Waals surface area contributed by atoms with E-state index in [0.29, 0.717) is 0 Å². The first-order valence-corrected chi connectivity index (χ1v) is 6.23. The zero-order valence-electron chi connectivity index (χ0n) is 9.86. The summed E-state index contributed by atoms with van der Waals surface area (Å²) in [7, 11) is -3.19. The lowest BCUT2D eigenvalue weighted by Gasteiger charge is -2.22. The number of alkyl halides is 3. The highest BCUT2D eigenvalue weighted by atomic mass is 32.2. The van der Waals surface area contributed by atoms with Crippen LogP contribution in [0.15, 0.2) is 0 Å². The number of ether oxygens (including phenoxy) is 2. The molecule has 0 aliphatic heterocycles. The van der Waals surface area contributed by atoms with E-state index in [1.54, 1.807) is 0 Å². The van der Waals surface area contributed by atoms with E-state index in [9.17, 15) is 26.4 Å². The first-order valence-electron chi connectivity index (χ1n) is 4.79. The maximum Gasteiger partial charge on any atom is 0.511 e. The number of methoxy groups -OCH3 is 2. The second kappa shape index (κ2) is 6.90. The topological polar surface area (TPSA) is 72.9 Å². The van der Waals surface area contributed by atoms with Crippen LogP contribution >= 0.6 is 0 Å². The van der Waals surface area contributed by atoms with Gasteiger partial charge in [0.05, 0.1) is 20.1 Å². The first kappa shape index (κ1) is 17.1. The molecule has 0 rings (SSSR count). The summed E-state index contributed by atoms with van der Waals surface area (Å²) in [5.74, 6) is -0.796. The van der Waals surface area contributed by atoms with Crippen LogP contribution in [0.2, 0.25) is 0 Å². The van der Waals surface area contributed by atoms with Gasteiger partial charge < -0.3 is 9.47 Å². The lowest BCUT2D eigenvalue weighted by Crippen LogP contribution is -2.43. The Morgan fingerprint density at radius 1 is 1.22 bits per heavy atom. The Labute approximate surface area is 103 Å². The molecule has 0 aromatic heterocycles. The normalized spacial score (nSPS) is 12.8. The zero-order valence-corrected chi connectivity index (χ0v) is 10.7. The molecule has 0 amide bonds. The summed E-state index contributed by atoms with van der Waals surface area (Å²) in [6.45, 7) is -1.32. The maximum atomic E-state index is 12.3. The molecule has 0 aliphatic rings. The fraction of sp³-hybridized carbons (Fsp3) is 0.875. The Balaban J connectivity index is 4.83. The van der Waals surface area contributed by atoms with Crippen LogP contribution in [0.4, 0.5) is 13.2 Å². The van der Waals surface area contributed by atoms with Crippen molar-refractivity contribution in [2.75, 3.05) is 33.9 Å². The fourth-order valence-corrected chi connectivity index (χ4v) is 1.95. The zero-order chi connectivity index (χ0) is 14.4. The first-order chi connectivity index (χ1) is 8.16. The van der Waals surface area contributed by atoms with E-state index in [4.69, 9.17) is 0 Å². The summed E-state index contributed by atoms with van der Waals surface area (Å²) >= 11 is 0. The molecule has 0 aromatic carbocycles. The average molecular weight is 293 g/mol. The van der Waals surface area contributed by atoms with E-state index in [2.05, 4.69) is 9.47 Å². The van der Waals surface area contributed by atoms with Gasteiger partial charge in [0, 0.05) is 20.2 Å². The smallest absolute Gasteiger partial charge is 0.469 e. The lowest BCUT2D eigenvalue weighted by molar-refractivity contribution is -0.140. The molecule has 6 nitrogen and oxygen atoms in total. The predicted octanol–water partition coefficient (Wildman–Crippen LogP) is 0.348. The van der Waals surface area contributed by atoms with Crippen LogP contribution in [-0.2, 0) is 24.3 Å². The second-order valence-corrected chi connectivity index (χ2v) is 5.10. The van der Waals surface area contributed by atoms with Crippen molar-refractivity contribution in [1.29, 1.82) is 0 Å². The molecule has 18 heavy (non-hydrogen) atoms. The molecular formula is C8H14F3NO5S. The quantitative estimate of drug-likeness (QED) is 0.633. The minimum absolute atomic E-state index is 0.146. The SMILES string of the molecule is COCCN(CCC(=O)OC)S(=O)(=O)C(F)(F)F. The van der Waals surface area contributed by atoms with Gasteiger partial charge in [-0.05, 0) is 0 Å². The van der Waals surface area contributed by atoms with Crippen molar-refractivity contribution < 1.29 is 35.9 Å². The Bertz CT molecular complexity index is 367. The van der Waals surface area contributed by atoms with Crippen molar-refractivity contribution in [2.24, 2.45) is 0 Å². The van der Waals surface area contributed by atoms with E-state index in [0.717, 1.165) is 7.11 Å². The molecule has 0 radical (unpaired) electrons. The Kier molecular flexibility index (Phi) is 6.57. The van der Waals surface area contributed by atoms with Crippen molar-refractivity contribution in [1.82, 2.24) is 4.31 Å². The molecule has 108 valence electrons. The van der Waals surface area contributed by atoms with Gasteiger partial charge in [0.2, 0.25) is 0 Å². The summed E-state index contributed by atoms with van der Waals surface area (Å²) < 4.78 is 68.2. The summed E-state index contributed by atoms with van der Waals surface area (Å²) in [5.41, 5.74) is -5.41. The largest absolute Gasteiger partial charge is 0.511 e. The number of carbonyl (C=O) groups excluding carboxylic acids is 1. The van der Waals surface area contributed by atoms with Crippen molar-refractivity contribution in [2.45, 2.75) is 11.9 Å². The minimum atomic E-state index is -5.47. The van der Waals surface area contributed by atoms with Crippen LogP contribution in [0.25, 0.3) is 0 Å². The molecule has 0 bridgehead atoms. The second-order valence-electron chi connectivity index (χ2n) is 3.17. The van der Waals surface area contributed by atoms with Gasteiger partial charge in [0.25, 0.3) is 0 Å². The van der Waals surface area contributed by atoms with Gasteiger partial charge in [0.1, 0.15) is 0 Å². The van der Waals surface area contributed by atoms with Gasteiger partial charge in [-0.25, -0.2) is 8.42 Å². The highest BCUT2D eigenvalue weighted by Gasteiger charge is 2.49. The molecule has 10 heteroatoms. The molecule has 0 atom stereocenters. The number of sulfonamides is 1. The van der Waals surface area contributed by atoms with Crippen LogP contribution in [0.5, 0.6) is 0 Å². The highest BCUT2D eigenvalue weighted by Crippen LogP contribution is 2.26. The summed E-state index contributed by atoms with van der Waals surface area (Å²) in [6.07, 6.45) is -0.463. The third-order valence-corrected chi connectivity index (χ3v) is 3.60. The molecule has 0 spiro atoms. The van der Waals surface area contributed by atoms with E-state index in [1.807, 2.05) is 0 Å². The standard InChI is InChI=1S/C8H14F3NO5S/c1-16-6-5-12(4-3-7(13)17-2)18(14,15)8(9,10)11/h3-6H2,1-2H3. The summed E-state index contributed by atoms with van der Waals surface area (Å²) in [5, 5.41) is 0. The molecular weight excluding hydrogens is 279 g/mol. The van der Waals surface area contributed by atoms with Crippen LogP contribution in [0.3, 0.4) is 0 Å². The molecule has 0 saturated carbocycles. The van der Waals surface area contributed by atoms with Crippen molar-refractivity contribution in [3.63, 3.8) is 0 Å². The molecule has 0 aromatic rings. The van der Waals surface area contributed by atoms with Crippen molar-refractivity contribution >= 4 is 16.0 Å². The van der Waals surface area contributed by atoms with E-state index in [1.165, 1.54) is 7.11 Å². The Morgan fingerprint density at radius 3 is 2.17 bits per heavy atom. The van der Waals surface area contributed by atoms with E-state index >= 15 is 0 Å². The van der Waals surface area contributed by atoms with Crippen LogP contribution in [0, 0.1) is 0 Å². The number of nitrogens with zero attached hydrogens (tertiary/aromatic N) is 1. The third kappa shape index (κ3) is 4.78. The summed E-state index contributed by atoms with van der Waals surface area (Å²) in [6, 6.07) is 0. The molecule has 0 unspecified atom stereocenters. The van der Waals surface area contributed by atoms with Crippen LogP contribution in [0.1, 0.15) is 6.42 Å². The van der Waals surface area contributed by atoms with Crippen LogP contribution in [-0.4, -0.2) is 58.1 Å². The van der Waals surface area contributed by atoms with Gasteiger partial charge in [-0.15, -0.1) is 0 Å². The van der Waals surface area contributed by atoms with Gasteiger partial charge in [0.15, 0.2) is 0 Å². The number of carbonyl (C=O) groups is 1. The Hall–Kier alpha value is -0.870. The monoisotopic (exact) mass is 293 g/mol. The van der Waals surface area contributed by atoms with E-state index < -0.39 is 41.0 Å². The number of halogens is 3. The number of hydrogen-bond donors (Lipinski definition) is 0. The van der Waals surface area contributed by atoms with Gasteiger partial charge in [-0.1, -0.05) is 0 Å². The molecule has 0 heterocycles. The van der Waals surface area contributed by atoms with Crippen molar-refractivity contribution in [3.8, 4) is 0 Å². The lowest BCUT2D eigenvalue weighted by atomic mass is 10.4. The Morgan fingerprint density at radius 2 is 1.78 bits per heavy atom. The fourth-order valence-electron chi connectivity index (χ4n) is 1.01. The predicted molar refractivity (Wildman–Crippen MR) is 55.1 cm³/mol. The highest BCUT2D eigenvalue weighted by molar-refractivity contribution is 7.90. The molecule has 0 N–H and O–H groups in total. The molecule has 0 aliphatic carbocycles. The van der Waals surface area contributed by atoms with Gasteiger partial charge in [-0.3, -0.25) is 4.79 Å². The van der Waals surface area contributed by atoms with E-state index in [-0.39, 0.29) is 10.9 Å². The third-order valence-electron chi connectivity index (χ3n) is 1.97. The molecule has 0 fully saturated rings. The number of esters is 1. The number of hydrogen-bond acceptors (Lipinski definition) is 5. The minimum Gasteiger partial charge on any atom is -0.469 e. The average Bonchev–Trinajstić information content (AvgIpc) is 2.26. The summed E-state index contributed by atoms with van der Waals surface area (Å²) in [4.78, 5) is 10.8. The number of rotatable bonds is 7. The van der Waals surface area contributed by atoms with Crippen molar-refractivity contribution in [3.05, 3.63) is 0 Å². The maximum absolute atomic E-state index is 12.3. The van der Waals surface area contributed by atoms with Gasteiger partial charge >= 0.3 is 21.5 Å².